The standard InChI is InChI=1S/C12H13NO2/c1-12(2)11(14)6-9-5-8(7-13)3-4-10(9)15-12/h3-5,11,14H,6H2,1-2H3/t11-/m1/s1. The highest BCUT2D eigenvalue weighted by Gasteiger charge is 2.35. The third kappa shape index (κ3) is 1.69. The number of fused-ring (bicyclic) bond motifs is 1. The molecule has 1 N–H and O–H groups in total. The summed E-state index contributed by atoms with van der Waals surface area (Å²) in [5.41, 5.74) is 0.950. The first-order valence-electron chi connectivity index (χ1n) is 4.93. The van der Waals surface area contributed by atoms with Gasteiger partial charge in [-0.3, -0.25) is 0 Å². The maximum Gasteiger partial charge on any atom is 0.129 e. The average Bonchev–Trinajstić information content (AvgIpc) is 2.19. The van der Waals surface area contributed by atoms with Crippen LogP contribution in [0.3, 0.4) is 0 Å². The van der Waals surface area contributed by atoms with Gasteiger partial charge in [0.1, 0.15) is 11.4 Å². The Hall–Kier alpha value is -1.53. The maximum absolute atomic E-state index is 9.84. The molecule has 2 rings (SSSR count). The molecule has 1 heterocycles. The van der Waals surface area contributed by atoms with Gasteiger partial charge in [-0.1, -0.05) is 0 Å². The number of nitrogens with zero attached hydrogens (tertiary/aromatic N) is 1. The molecule has 78 valence electrons. The van der Waals surface area contributed by atoms with Crippen LogP contribution in [0.2, 0.25) is 0 Å². The Morgan fingerprint density at radius 1 is 1.53 bits per heavy atom. The van der Waals surface area contributed by atoms with E-state index in [4.69, 9.17) is 10.00 Å². The number of rotatable bonds is 0. The molecule has 0 unspecified atom stereocenters. The summed E-state index contributed by atoms with van der Waals surface area (Å²) in [4.78, 5) is 0. The van der Waals surface area contributed by atoms with Crippen molar-refractivity contribution in [3.63, 3.8) is 0 Å². The van der Waals surface area contributed by atoms with Crippen molar-refractivity contribution in [1.29, 1.82) is 5.26 Å². The van der Waals surface area contributed by atoms with Crippen molar-refractivity contribution in [3.8, 4) is 11.8 Å². The Morgan fingerprint density at radius 2 is 2.27 bits per heavy atom. The zero-order valence-electron chi connectivity index (χ0n) is 8.82. The van der Waals surface area contributed by atoms with Crippen molar-refractivity contribution in [2.45, 2.75) is 32.0 Å². The van der Waals surface area contributed by atoms with Crippen LogP contribution in [0, 0.1) is 11.3 Å². The molecule has 1 aromatic rings. The highest BCUT2D eigenvalue weighted by Crippen LogP contribution is 2.33. The van der Waals surface area contributed by atoms with Crippen LogP contribution >= 0.6 is 0 Å². The van der Waals surface area contributed by atoms with Gasteiger partial charge in [0.05, 0.1) is 17.7 Å². The second kappa shape index (κ2) is 3.25. The van der Waals surface area contributed by atoms with Crippen molar-refractivity contribution < 1.29 is 9.84 Å². The van der Waals surface area contributed by atoms with Crippen molar-refractivity contribution in [3.05, 3.63) is 29.3 Å². The van der Waals surface area contributed by atoms with E-state index >= 15 is 0 Å². The van der Waals surface area contributed by atoms with Gasteiger partial charge in [-0.2, -0.15) is 5.26 Å². The van der Waals surface area contributed by atoms with Gasteiger partial charge in [-0.15, -0.1) is 0 Å². The minimum Gasteiger partial charge on any atom is -0.485 e. The summed E-state index contributed by atoms with van der Waals surface area (Å²) in [6.07, 6.45) is 0.0108. The van der Waals surface area contributed by atoms with Gasteiger partial charge in [-0.25, -0.2) is 0 Å². The van der Waals surface area contributed by atoms with Gasteiger partial charge in [0, 0.05) is 6.42 Å². The molecule has 1 atom stereocenters. The highest BCUT2D eigenvalue weighted by molar-refractivity contribution is 5.44. The topological polar surface area (TPSA) is 53.2 Å². The van der Waals surface area contributed by atoms with E-state index in [9.17, 15) is 5.11 Å². The molecule has 1 aliphatic heterocycles. The van der Waals surface area contributed by atoms with Crippen LogP contribution in [-0.4, -0.2) is 16.8 Å². The predicted molar refractivity (Wildman–Crippen MR) is 55.6 cm³/mol. The van der Waals surface area contributed by atoms with Crippen LogP contribution < -0.4 is 4.74 Å². The lowest BCUT2D eigenvalue weighted by molar-refractivity contribution is -0.0411. The molecule has 15 heavy (non-hydrogen) atoms. The smallest absolute Gasteiger partial charge is 0.129 e. The van der Waals surface area contributed by atoms with Crippen molar-refractivity contribution >= 4 is 0 Å². The van der Waals surface area contributed by atoms with Crippen molar-refractivity contribution in [1.82, 2.24) is 0 Å². The number of hydrogen-bond acceptors (Lipinski definition) is 3. The number of aliphatic hydroxyl groups excluding tert-OH is 1. The highest BCUT2D eigenvalue weighted by atomic mass is 16.5. The quantitative estimate of drug-likeness (QED) is 0.697. The molecule has 3 nitrogen and oxygen atoms in total. The third-order valence-corrected chi connectivity index (χ3v) is 2.78. The lowest BCUT2D eigenvalue weighted by Gasteiger charge is -2.37. The Balaban J connectivity index is 2.42. The molecule has 0 saturated heterocycles. The van der Waals surface area contributed by atoms with E-state index in [1.807, 2.05) is 13.8 Å². The van der Waals surface area contributed by atoms with Gasteiger partial charge in [0.25, 0.3) is 0 Å². The van der Waals surface area contributed by atoms with Crippen LogP contribution in [0.4, 0.5) is 0 Å². The Kier molecular flexibility index (Phi) is 2.17. The summed E-state index contributed by atoms with van der Waals surface area (Å²) in [6, 6.07) is 7.37. The Bertz CT molecular complexity index is 432. The number of aliphatic hydroxyl groups is 1. The van der Waals surface area contributed by atoms with Gasteiger partial charge in [-0.05, 0) is 37.6 Å². The lowest BCUT2D eigenvalue weighted by atomic mass is 9.90. The molecule has 3 heteroatoms. The van der Waals surface area contributed by atoms with E-state index in [-0.39, 0.29) is 0 Å². The summed E-state index contributed by atoms with van der Waals surface area (Å²) in [6.45, 7) is 3.72. The summed E-state index contributed by atoms with van der Waals surface area (Å²) in [7, 11) is 0. The zero-order valence-corrected chi connectivity index (χ0v) is 8.82. The summed E-state index contributed by atoms with van der Waals surface area (Å²) in [5, 5.41) is 18.6. The largest absolute Gasteiger partial charge is 0.485 e. The van der Waals surface area contributed by atoms with Crippen LogP contribution in [0.15, 0.2) is 18.2 Å². The molecule has 0 aliphatic carbocycles. The predicted octanol–water partition coefficient (Wildman–Crippen LogP) is 1.63. The minimum absolute atomic E-state index is 0.529. The number of nitriles is 1. The van der Waals surface area contributed by atoms with E-state index < -0.39 is 11.7 Å². The number of ether oxygens (including phenoxy) is 1. The average molecular weight is 203 g/mol. The van der Waals surface area contributed by atoms with Crippen LogP contribution in [0.5, 0.6) is 5.75 Å². The van der Waals surface area contributed by atoms with E-state index in [0.717, 1.165) is 11.3 Å². The fraction of sp³-hybridized carbons (Fsp3) is 0.417. The fourth-order valence-corrected chi connectivity index (χ4v) is 1.71. The minimum atomic E-state index is -0.554. The van der Waals surface area contributed by atoms with E-state index in [2.05, 4.69) is 6.07 Å². The summed E-state index contributed by atoms with van der Waals surface area (Å²) < 4.78 is 5.67. The molecule has 0 spiro atoms. The Morgan fingerprint density at radius 3 is 2.93 bits per heavy atom. The van der Waals surface area contributed by atoms with E-state index in [1.54, 1.807) is 18.2 Å². The second-order valence-corrected chi connectivity index (χ2v) is 4.36. The first-order valence-corrected chi connectivity index (χ1v) is 4.93. The van der Waals surface area contributed by atoms with Gasteiger partial charge < -0.3 is 9.84 Å². The van der Waals surface area contributed by atoms with Crippen LogP contribution in [-0.2, 0) is 6.42 Å². The summed E-state index contributed by atoms with van der Waals surface area (Å²) >= 11 is 0. The van der Waals surface area contributed by atoms with Crippen molar-refractivity contribution in [2.24, 2.45) is 0 Å². The fourth-order valence-electron chi connectivity index (χ4n) is 1.71. The zero-order chi connectivity index (χ0) is 11.1. The number of hydrogen-bond donors (Lipinski definition) is 1. The maximum atomic E-state index is 9.84. The second-order valence-electron chi connectivity index (χ2n) is 4.36. The first kappa shape index (κ1) is 10.0. The lowest BCUT2D eigenvalue weighted by Crippen LogP contribution is -2.46. The van der Waals surface area contributed by atoms with Crippen molar-refractivity contribution in [2.75, 3.05) is 0 Å². The molecule has 0 aromatic heterocycles. The van der Waals surface area contributed by atoms with Gasteiger partial charge >= 0.3 is 0 Å². The molecule has 1 aliphatic rings. The first-order chi connectivity index (χ1) is 7.03. The third-order valence-electron chi connectivity index (χ3n) is 2.78. The molecule has 0 fully saturated rings. The molecular formula is C12H13NO2. The van der Waals surface area contributed by atoms with Crippen LogP contribution in [0.25, 0.3) is 0 Å². The van der Waals surface area contributed by atoms with E-state index in [1.165, 1.54) is 0 Å². The number of benzene rings is 1. The molecule has 0 bridgehead atoms. The summed E-state index contributed by atoms with van der Waals surface area (Å²) in [5.74, 6) is 0.768. The van der Waals surface area contributed by atoms with Gasteiger partial charge in [0.15, 0.2) is 0 Å². The molecule has 0 saturated carbocycles. The monoisotopic (exact) mass is 203 g/mol. The molecule has 0 radical (unpaired) electrons. The molecule has 1 aromatic carbocycles. The molecule has 0 amide bonds. The SMILES string of the molecule is CC1(C)Oc2ccc(C#N)cc2C[C@H]1O. The van der Waals surface area contributed by atoms with Gasteiger partial charge in [0.2, 0.25) is 0 Å². The Labute approximate surface area is 88.9 Å². The van der Waals surface area contributed by atoms with Crippen LogP contribution in [0.1, 0.15) is 25.0 Å². The van der Waals surface area contributed by atoms with E-state index in [0.29, 0.717) is 12.0 Å². The normalized spacial score (nSPS) is 22.4. The molecular weight excluding hydrogens is 190 g/mol.